The van der Waals surface area contributed by atoms with Crippen LogP contribution in [0.4, 0.5) is 13.2 Å². The van der Waals surface area contributed by atoms with Crippen molar-refractivity contribution < 1.29 is 70.0 Å². The third-order valence-electron chi connectivity index (χ3n) is 9.37. The van der Waals surface area contributed by atoms with E-state index >= 15 is 0 Å². The van der Waals surface area contributed by atoms with E-state index in [9.17, 15) is 36.9 Å². The van der Waals surface area contributed by atoms with Gasteiger partial charge in [0.05, 0.1) is 34.9 Å². The number of ether oxygens (including phenoxy) is 4. The normalized spacial score (nSPS) is 15.5. The van der Waals surface area contributed by atoms with Gasteiger partial charge in [-0.25, -0.2) is 4.79 Å². The summed E-state index contributed by atoms with van der Waals surface area (Å²) in [6, 6.07) is 13.5. The molecular formula is C42H49F3NO12P. The highest BCUT2D eigenvalue weighted by atomic mass is 31.2. The molecule has 1 atom stereocenters. The van der Waals surface area contributed by atoms with Gasteiger partial charge in [0.1, 0.15) is 23.0 Å². The minimum Gasteiger partial charge on any atom is -0.456 e. The van der Waals surface area contributed by atoms with Crippen LogP contribution in [0.1, 0.15) is 107 Å². The molecule has 3 aromatic rings. The van der Waals surface area contributed by atoms with Crippen LogP contribution in [0, 0.1) is 10.8 Å². The van der Waals surface area contributed by atoms with Crippen LogP contribution in [0.15, 0.2) is 54.6 Å². The summed E-state index contributed by atoms with van der Waals surface area (Å²) in [5.41, 5.74) is -2.42. The van der Waals surface area contributed by atoms with E-state index in [0.717, 1.165) is 0 Å². The van der Waals surface area contributed by atoms with E-state index in [1.165, 1.54) is 42.5 Å². The van der Waals surface area contributed by atoms with Gasteiger partial charge in [-0.3, -0.25) is 18.9 Å². The van der Waals surface area contributed by atoms with Crippen LogP contribution in [0.3, 0.4) is 0 Å². The number of hydrogen-bond acceptors (Lipinski definition) is 12. The lowest BCUT2D eigenvalue weighted by Gasteiger charge is -2.37. The van der Waals surface area contributed by atoms with Crippen LogP contribution >= 0.6 is 7.60 Å². The molecular weight excluding hydrogens is 798 g/mol. The maximum absolute atomic E-state index is 14.8. The second-order valence-corrected chi connectivity index (χ2v) is 18.3. The molecule has 13 nitrogen and oxygen atoms in total. The van der Waals surface area contributed by atoms with Crippen LogP contribution < -0.4 is 24.8 Å². The molecule has 0 aliphatic carbocycles. The highest BCUT2D eigenvalue weighted by molar-refractivity contribution is 7.62. The Morgan fingerprint density at radius 1 is 0.763 bits per heavy atom. The molecule has 0 saturated heterocycles. The van der Waals surface area contributed by atoms with E-state index in [-0.39, 0.29) is 78.6 Å². The van der Waals surface area contributed by atoms with Crippen molar-refractivity contribution >= 4 is 36.7 Å². The fraction of sp³-hybridized carbons (Fsp3) is 0.476. The molecule has 2 heterocycles. The predicted octanol–water partition coefficient (Wildman–Crippen LogP) is 8.02. The summed E-state index contributed by atoms with van der Waals surface area (Å²) >= 11 is 0. The number of alkyl halides is 3. The Balaban J connectivity index is 1.55. The molecule has 3 aromatic carbocycles. The third-order valence-corrected chi connectivity index (χ3v) is 11.3. The summed E-state index contributed by atoms with van der Waals surface area (Å²) in [5, 5.41) is 6.20. The second kappa shape index (κ2) is 17.8. The number of rotatable bonds is 17. The first-order valence-corrected chi connectivity index (χ1v) is 20.8. The molecule has 59 heavy (non-hydrogen) atoms. The smallest absolute Gasteiger partial charge is 0.456 e. The SMILES string of the molecule is [2H]OCCCCCCOP(=O)(OCCCCNC(=O)C(F)(F)F)c1ccc2c(c1)C1(OC2=O)c2ccc(OC(=O)C(C)(C)C)cc2Oc2cc(OC(=O)C(C)(C)C)ccc21. The van der Waals surface area contributed by atoms with Gasteiger partial charge in [-0.1, -0.05) is 12.8 Å². The molecule has 0 aromatic heterocycles. The maximum Gasteiger partial charge on any atom is 0.471 e. The van der Waals surface area contributed by atoms with Crippen molar-refractivity contribution in [2.24, 2.45) is 10.8 Å². The third kappa shape index (κ3) is 10.3. The average Bonchev–Trinajstić information content (AvgIpc) is 3.45. The van der Waals surface area contributed by atoms with Gasteiger partial charge in [-0.2, -0.15) is 13.2 Å². The number of aliphatic hydroxyl groups is 1. The molecule has 0 saturated carbocycles. The summed E-state index contributed by atoms with van der Waals surface area (Å²) in [7, 11) is -4.23. The van der Waals surface area contributed by atoms with Gasteiger partial charge in [-0.05, 0) is 110 Å². The summed E-state index contributed by atoms with van der Waals surface area (Å²) in [6.45, 7) is 9.91. The standard InChI is InChI=1S/C42H49F3NO12P/c1-39(2,3)37(50)55-26-13-17-30-33(23-26)57-34-24-27(56-38(51)40(4,5)6)14-18-31(34)41(30)32-25-28(15-16-29(32)35(48)58-41)59(52,53-21-11-8-7-10-20-47)54-22-12-9-19-46-36(49)42(43,44)45/h13-18,23-25,47H,7-12,19-22H2,1-6H3,(H,46,49)/i47D. The number of esters is 3. The molecule has 17 heteroatoms. The minimum absolute atomic E-state index is 0.00998. The minimum atomic E-state index is -5.03. The molecule has 0 radical (unpaired) electrons. The predicted molar refractivity (Wildman–Crippen MR) is 208 cm³/mol. The van der Waals surface area contributed by atoms with Crippen LogP contribution in [0.2, 0.25) is 0 Å². The van der Waals surface area contributed by atoms with Gasteiger partial charge in [0.15, 0.2) is 5.60 Å². The van der Waals surface area contributed by atoms with Crippen molar-refractivity contribution in [3.8, 4) is 23.0 Å². The molecule has 0 bridgehead atoms. The molecule has 2 N–H and O–H groups in total. The van der Waals surface area contributed by atoms with Gasteiger partial charge < -0.3 is 38.4 Å². The summed E-state index contributed by atoms with van der Waals surface area (Å²) in [4.78, 5) is 50.8. The fourth-order valence-corrected chi connectivity index (χ4v) is 7.79. The highest BCUT2D eigenvalue weighted by Gasteiger charge is 2.54. The van der Waals surface area contributed by atoms with Crippen LogP contribution in [0.5, 0.6) is 23.0 Å². The number of aliphatic hydroxyl groups excluding tert-OH is 1. The molecule has 0 fully saturated rings. The number of hydrogen-bond donors (Lipinski definition) is 2. The number of nitrogens with one attached hydrogen (secondary N) is 1. The second-order valence-electron chi connectivity index (χ2n) is 16.2. The quantitative estimate of drug-likeness (QED) is 0.0581. The number of fused-ring (bicyclic) bond motifs is 6. The zero-order valence-electron chi connectivity index (χ0n) is 34.7. The van der Waals surface area contributed by atoms with E-state index in [2.05, 4.69) is 5.11 Å². The highest BCUT2D eigenvalue weighted by Crippen LogP contribution is 2.58. The van der Waals surface area contributed by atoms with Crippen LogP contribution in [-0.2, 0) is 38.3 Å². The Kier molecular flexibility index (Phi) is 13.2. The Morgan fingerprint density at radius 2 is 1.31 bits per heavy atom. The van der Waals surface area contributed by atoms with E-state index in [4.69, 9.17) is 29.4 Å². The number of unbranched alkanes of at least 4 members (excludes halogenated alkanes) is 4. The lowest BCUT2D eigenvalue weighted by molar-refractivity contribution is -0.173. The summed E-state index contributed by atoms with van der Waals surface area (Å²) in [5.74, 6) is -3.29. The zero-order chi connectivity index (χ0) is 44.1. The molecule has 2 aliphatic rings. The molecule has 320 valence electrons. The van der Waals surface area contributed by atoms with E-state index in [0.29, 0.717) is 36.8 Å². The number of carbonyl (C=O) groups is 4. The Hall–Kier alpha value is -4.76. The molecule has 2 aliphatic heterocycles. The van der Waals surface area contributed by atoms with Gasteiger partial charge in [0.25, 0.3) is 0 Å². The topological polar surface area (TPSA) is 173 Å². The van der Waals surface area contributed by atoms with Gasteiger partial charge in [0.2, 0.25) is 1.43 Å². The van der Waals surface area contributed by atoms with Crippen molar-refractivity contribution in [3.63, 3.8) is 0 Å². The fourth-order valence-electron chi connectivity index (χ4n) is 6.13. The number of amides is 1. The molecule has 1 spiro atoms. The van der Waals surface area contributed by atoms with Crippen molar-refractivity contribution in [1.29, 1.82) is 1.43 Å². The number of halogens is 3. The molecule has 5 rings (SSSR count). The first-order chi connectivity index (χ1) is 28.1. The van der Waals surface area contributed by atoms with Crippen molar-refractivity contribution in [2.75, 3.05) is 26.4 Å². The first-order valence-electron chi connectivity index (χ1n) is 19.6. The molecule has 1 unspecified atom stereocenters. The summed E-state index contributed by atoms with van der Waals surface area (Å²) < 4.78 is 95.4. The zero-order valence-corrected chi connectivity index (χ0v) is 34.6. The van der Waals surface area contributed by atoms with Gasteiger partial charge in [0, 0.05) is 42.0 Å². The maximum atomic E-state index is 14.8. The lowest BCUT2D eigenvalue weighted by Crippen LogP contribution is -2.37. The lowest BCUT2D eigenvalue weighted by atomic mass is 9.77. The van der Waals surface area contributed by atoms with Crippen molar-refractivity contribution in [3.05, 3.63) is 76.9 Å². The van der Waals surface area contributed by atoms with Crippen molar-refractivity contribution in [1.82, 2.24) is 5.32 Å². The van der Waals surface area contributed by atoms with Gasteiger partial charge in [-0.15, -0.1) is 0 Å². The number of carbonyl (C=O) groups excluding carboxylic acids is 4. The Labute approximate surface area is 341 Å². The van der Waals surface area contributed by atoms with E-state index in [1.54, 1.807) is 59.0 Å². The van der Waals surface area contributed by atoms with E-state index < -0.39 is 54.0 Å². The Bertz CT molecular complexity index is 2070. The van der Waals surface area contributed by atoms with Crippen LogP contribution in [-0.4, -0.2) is 62.9 Å². The first kappa shape index (κ1) is 43.8. The van der Waals surface area contributed by atoms with Crippen LogP contribution in [0.25, 0.3) is 0 Å². The summed E-state index contributed by atoms with van der Waals surface area (Å²) in [6.07, 6.45) is -2.37. The Morgan fingerprint density at radius 3 is 1.83 bits per heavy atom. The monoisotopic (exact) mass is 848 g/mol. The average molecular weight is 849 g/mol. The largest absolute Gasteiger partial charge is 0.471 e. The van der Waals surface area contributed by atoms with E-state index in [1.807, 2.05) is 0 Å². The van der Waals surface area contributed by atoms with Crippen molar-refractivity contribution in [2.45, 2.75) is 91.8 Å². The number of benzene rings is 3. The van der Waals surface area contributed by atoms with Gasteiger partial charge >= 0.3 is 37.6 Å². The molecule has 1 amide bonds.